The smallest absolute Gasteiger partial charge is 0.276 e. The topological polar surface area (TPSA) is 116 Å². The van der Waals surface area contributed by atoms with Gasteiger partial charge in [-0.05, 0) is 63.2 Å². The maximum Gasteiger partial charge on any atom is 0.276 e. The Bertz CT molecular complexity index is 1170. The fourth-order valence-electron chi connectivity index (χ4n) is 2.74. The molecule has 0 bridgehead atoms. The Kier molecular flexibility index (Phi) is 6.59. The van der Waals surface area contributed by atoms with Crippen molar-refractivity contribution in [1.29, 1.82) is 0 Å². The first-order valence-corrected chi connectivity index (χ1v) is 9.95. The first kappa shape index (κ1) is 23.0. The average molecular weight is 458 g/mol. The Morgan fingerprint density at radius 3 is 2.09 bits per heavy atom. The Labute approximate surface area is 188 Å². The van der Waals surface area contributed by atoms with Crippen LogP contribution in [0.2, 0.25) is 5.02 Å². The molecule has 3 amide bonds. The highest BCUT2D eigenvalue weighted by Gasteiger charge is 2.23. The average Bonchev–Trinajstić information content (AvgIpc) is 3.18. The van der Waals surface area contributed by atoms with Crippen LogP contribution in [-0.4, -0.2) is 33.2 Å². The molecule has 0 radical (unpaired) electrons. The van der Waals surface area contributed by atoms with Crippen molar-refractivity contribution in [2.75, 3.05) is 10.6 Å². The summed E-state index contributed by atoms with van der Waals surface area (Å²) in [6.45, 7) is 5.47. The number of hydrogen-bond acceptors (Lipinski definition) is 4. The zero-order valence-corrected chi connectivity index (χ0v) is 18.3. The predicted octanol–water partition coefficient (Wildman–Crippen LogP) is 4.24. The fraction of sp³-hybridized carbons (Fsp3) is 0.182. The largest absolute Gasteiger partial charge is 0.346 e. The minimum Gasteiger partial charge on any atom is -0.346 e. The first-order chi connectivity index (χ1) is 15.0. The number of aromatic amines is 1. The van der Waals surface area contributed by atoms with Crippen molar-refractivity contribution >= 4 is 40.7 Å². The molecular formula is C22H21ClFN5O3. The van der Waals surface area contributed by atoms with E-state index in [9.17, 15) is 18.8 Å². The van der Waals surface area contributed by atoms with Gasteiger partial charge in [-0.2, -0.15) is 0 Å². The molecule has 0 saturated carbocycles. The van der Waals surface area contributed by atoms with Crippen LogP contribution in [0.4, 0.5) is 15.8 Å². The van der Waals surface area contributed by atoms with E-state index >= 15 is 0 Å². The normalized spacial score (nSPS) is 11.0. The van der Waals surface area contributed by atoms with E-state index in [1.165, 1.54) is 12.4 Å². The molecule has 0 aliphatic heterocycles. The highest BCUT2D eigenvalue weighted by atomic mass is 35.5. The van der Waals surface area contributed by atoms with E-state index in [0.29, 0.717) is 11.4 Å². The number of rotatable bonds is 5. The Morgan fingerprint density at radius 1 is 0.938 bits per heavy atom. The van der Waals surface area contributed by atoms with E-state index in [1.807, 2.05) is 20.8 Å². The van der Waals surface area contributed by atoms with Gasteiger partial charge in [0, 0.05) is 16.9 Å². The summed E-state index contributed by atoms with van der Waals surface area (Å²) in [5.41, 5.74) is 0.531. The molecule has 0 saturated heterocycles. The maximum atomic E-state index is 13.2. The minimum absolute atomic E-state index is 0.00307. The van der Waals surface area contributed by atoms with Gasteiger partial charge in [0.15, 0.2) is 5.69 Å². The lowest BCUT2D eigenvalue weighted by atomic mass is 10.1. The summed E-state index contributed by atoms with van der Waals surface area (Å²) in [7, 11) is 0. The molecule has 0 spiro atoms. The van der Waals surface area contributed by atoms with Crippen LogP contribution in [0.25, 0.3) is 0 Å². The maximum absolute atomic E-state index is 13.2. The second-order valence-electron chi connectivity index (χ2n) is 7.94. The van der Waals surface area contributed by atoms with E-state index in [2.05, 4.69) is 25.9 Å². The quantitative estimate of drug-likeness (QED) is 0.458. The second-order valence-corrected chi connectivity index (χ2v) is 8.35. The van der Waals surface area contributed by atoms with E-state index in [0.717, 1.165) is 12.1 Å². The lowest BCUT2D eigenvalue weighted by molar-refractivity contribution is 0.0904. The molecular weight excluding hydrogens is 437 g/mol. The number of carbonyl (C=O) groups is 3. The molecule has 4 N–H and O–H groups in total. The Morgan fingerprint density at radius 2 is 1.53 bits per heavy atom. The van der Waals surface area contributed by atoms with Gasteiger partial charge in [0.25, 0.3) is 17.7 Å². The van der Waals surface area contributed by atoms with Gasteiger partial charge in [0.1, 0.15) is 11.5 Å². The Hall–Kier alpha value is -3.72. The van der Waals surface area contributed by atoms with Crippen LogP contribution in [0.3, 0.4) is 0 Å². The molecule has 0 aliphatic rings. The van der Waals surface area contributed by atoms with Gasteiger partial charge in [0.05, 0.1) is 16.9 Å². The van der Waals surface area contributed by atoms with Gasteiger partial charge in [-0.25, -0.2) is 9.37 Å². The molecule has 1 heterocycles. The van der Waals surface area contributed by atoms with Crippen molar-refractivity contribution in [3.05, 3.63) is 76.6 Å². The van der Waals surface area contributed by atoms with Crippen molar-refractivity contribution in [3.8, 4) is 0 Å². The lowest BCUT2D eigenvalue weighted by Crippen LogP contribution is -2.41. The van der Waals surface area contributed by atoms with Crippen molar-refractivity contribution in [3.63, 3.8) is 0 Å². The van der Waals surface area contributed by atoms with Crippen LogP contribution in [0.15, 0.2) is 48.8 Å². The number of H-pyrrole nitrogens is 1. The minimum atomic E-state index is -0.569. The highest BCUT2D eigenvalue weighted by Crippen LogP contribution is 2.20. The molecule has 32 heavy (non-hydrogen) atoms. The van der Waals surface area contributed by atoms with Crippen LogP contribution < -0.4 is 16.0 Å². The summed E-state index contributed by atoms with van der Waals surface area (Å²) >= 11 is 5.91. The molecule has 166 valence electrons. The van der Waals surface area contributed by atoms with Gasteiger partial charge >= 0.3 is 0 Å². The van der Waals surface area contributed by atoms with Crippen LogP contribution >= 0.6 is 11.6 Å². The van der Waals surface area contributed by atoms with Gasteiger partial charge in [0.2, 0.25) is 0 Å². The van der Waals surface area contributed by atoms with Crippen LogP contribution in [-0.2, 0) is 0 Å². The van der Waals surface area contributed by atoms with Crippen LogP contribution in [0.1, 0.15) is 52.1 Å². The lowest BCUT2D eigenvalue weighted by Gasteiger charge is -2.20. The molecule has 3 rings (SSSR count). The molecule has 10 heteroatoms. The summed E-state index contributed by atoms with van der Waals surface area (Å²) < 4.78 is 13.2. The second kappa shape index (κ2) is 9.19. The van der Waals surface area contributed by atoms with Crippen molar-refractivity contribution < 1.29 is 18.8 Å². The van der Waals surface area contributed by atoms with E-state index in [4.69, 9.17) is 11.6 Å². The SMILES string of the molecule is CC(C)(C)NC(=O)c1[nH]cnc1C(=O)Nc1ccc(NC(=O)c2ccc(F)cc2Cl)cc1. The number of imidazole rings is 1. The number of anilines is 2. The van der Waals surface area contributed by atoms with E-state index in [-0.39, 0.29) is 22.0 Å². The number of benzene rings is 2. The third kappa shape index (κ3) is 5.70. The number of nitrogens with zero attached hydrogens (tertiary/aromatic N) is 1. The third-order valence-corrected chi connectivity index (χ3v) is 4.46. The molecule has 0 aliphatic carbocycles. The zero-order chi connectivity index (χ0) is 23.5. The zero-order valence-electron chi connectivity index (χ0n) is 17.5. The summed E-state index contributed by atoms with van der Waals surface area (Å²) in [6, 6.07) is 9.78. The number of carbonyl (C=O) groups excluding carboxylic acids is 3. The predicted molar refractivity (Wildman–Crippen MR) is 120 cm³/mol. The summed E-state index contributed by atoms with van der Waals surface area (Å²) in [5.74, 6) is -2.06. The van der Waals surface area contributed by atoms with E-state index < -0.39 is 29.1 Å². The molecule has 0 atom stereocenters. The number of nitrogens with one attached hydrogen (secondary N) is 4. The monoisotopic (exact) mass is 457 g/mol. The highest BCUT2D eigenvalue weighted by molar-refractivity contribution is 6.34. The van der Waals surface area contributed by atoms with Crippen molar-refractivity contribution in [2.45, 2.75) is 26.3 Å². The van der Waals surface area contributed by atoms with Gasteiger partial charge in [-0.3, -0.25) is 14.4 Å². The van der Waals surface area contributed by atoms with Gasteiger partial charge < -0.3 is 20.9 Å². The van der Waals surface area contributed by atoms with Crippen molar-refractivity contribution in [2.24, 2.45) is 0 Å². The van der Waals surface area contributed by atoms with Crippen molar-refractivity contribution in [1.82, 2.24) is 15.3 Å². The number of amides is 3. The number of hydrogen-bond donors (Lipinski definition) is 4. The summed E-state index contributed by atoms with van der Waals surface area (Å²) in [5, 5.41) is 8.06. The van der Waals surface area contributed by atoms with Gasteiger partial charge in [-0.15, -0.1) is 0 Å². The molecule has 8 nitrogen and oxygen atoms in total. The van der Waals surface area contributed by atoms with Gasteiger partial charge in [-0.1, -0.05) is 11.6 Å². The Balaban J connectivity index is 1.66. The summed E-state index contributed by atoms with van der Waals surface area (Å²) in [4.78, 5) is 43.9. The van der Waals surface area contributed by atoms with Crippen LogP contribution in [0, 0.1) is 5.82 Å². The number of halogens is 2. The summed E-state index contributed by atoms with van der Waals surface area (Å²) in [6.07, 6.45) is 1.27. The molecule has 2 aromatic carbocycles. The fourth-order valence-corrected chi connectivity index (χ4v) is 2.99. The molecule has 3 aromatic rings. The molecule has 0 fully saturated rings. The first-order valence-electron chi connectivity index (χ1n) is 9.57. The molecule has 0 unspecified atom stereocenters. The van der Waals surface area contributed by atoms with Crippen LogP contribution in [0.5, 0.6) is 0 Å². The molecule has 1 aromatic heterocycles. The number of aromatic nitrogens is 2. The van der Waals surface area contributed by atoms with E-state index in [1.54, 1.807) is 24.3 Å². The third-order valence-electron chi connectivity index (χ3n) is 4.15. The standard InChI is InChI=1S/C22H21ClFN5O3/c1-22(2,3)29-21(32)18-17(25-11-26-18)20(31)28-14-7-5-13(6-8-14)27-19(30)15-9-4-12(24)10-16(15)23/h4-11H,1-3H3,(H,25,26)(H,27,30)(H,28,31)(H,29,32).